The van der Waals surface area contributed by atoms with E-state index in [1.54, 1.807) is 13.0 Å². The number of halogens is 2. The summed E-state index contributed by atoms with van der Waals surface area (Å²) < 4.78 is 13.9. The number of hydrogen-bond donors (Lipinski definition) is 2. The van der Waals surface area contributed by atoms with Crippen molar-refractivity contribution in [2.45, 2.75) is 19.4 Å². The zero-order valence-corrected chi connectivity index (χ0v) is 10.4. The second-order valence-electron chi connectivity index (χ2n) is 3.52. The molecule has 0 spiro atoms. The van der Waals surface area contributed by atoms with Gasteiger partial charge in [0, 0.05) is 11.0 Å². The van der Waals surface area contributed by atoms with Crippen molar-refractivity contribution in [1.82, 2.24) is 5.32 Å². The van der Waals surface area contributed by atoms with Crippen LogP contribution in [0.1, 0.15) is 23.7 Å². The summed E-state index contributed by atoms with van der Waals surface area (Å²) in [5, 5.41) is 11.5. The Morgan fingerprint density at radius 2 is 2.31 bits per heavy atom. The average Bonchev–Trinajstić information content (AvgIpc) is 2.16. The quantitative estimate of drug-likeness (QED) is 0.892. The minimum Gasteiger partial charge on any atom is -0.393 e. The maximum Gasteiger partial charge on any atom is 0.254 e. The highest BCUT2D eigenvalue weighted by atomic mass is 79.9. The van der Waals surface area contributed by atoms with E-state index in [4.69, 9.17) is 5.11 Å². The molecule has 0 aliphatic rings. The summed E-state index contributed by atoms with van der Waals surface area (Å²) in [6.07, 6.45) is -0.0285. The number of carbonyl (C=O) groups excluding carboxylic acids is 1. The predicted molar refractivity (Wildman–Crippen MR) is 62.7 cm³/mol. The normalized spacial score (nSPS) is 12.2. The number of amides is 1. The molecule has 88 valence electrons. The lowest BCUT2D eigenvalue weighted by molar-refractivity contribution is 0.0941. The zero-order chi connectivity index (χ0) is 12.1. The van der Waals surface area contributed by atoms with Gasteiger partial charge >= 0.3 is 0 Å². The lowest BCUT2D eigenvalue weighted by atomic mass is 10.2. The van der Waals surface area contributed by atoms with Crippen LogP contribution in [0.15, 0.2) is 22.7 Å². The molecule has 0 heterocycles. The summed E-state index contributed by atoms with van der Waals surface area (Å²) in [4.78, 5) is 11.5. The summed E-state index contributed by atoms with van der Waals surface area (Å²) in [5.41, 5.74) is 0.00814. The highest BCUT2D eigenvalue weighted by molar-refractivity contribution is 9.10. The molecule has 0 aliphatic heterocycles. The Hall–Kier alpha value is -0.940. The van der Waals surface area contributed by atoms with Gasteiger partial charge in [0.15, 0.2) is 0 Å². The van der Waals surface area contributed by atoms with Crippen molar-refractivity contribution in [3.05, 3.63) is 34.1 Å². The maximum atomic E-state index is 13.3. The molecule has 1 unspecified atom stereocenters. The van der Waals surface area contributed by atoms with Crippen molar-refractivity contribution in [2.75, 3.05) is 6.54 Å². The number of carbonyl (C=O) groups is 1. The van der Waals surface area contributed by atoms with Crippen LogP contribution in [-0.4, -0.2) is 23.7 Å². The van der Waals surface area contributed by atoms with Crippen molar-refractivity contribution >= 4 is 21.8 Å². The van der Waals surface area contributed by atoms with Crippen LogP contribution >= 0.6 is 15.9 Å². The third-order valence-electron chi connectivity index (χ3n) is 2.02. The molecule has 16 heavy (non-hydrogen) atoms. The summed E-state index contributed by atoms with van der Waals surface area (Å²) >= 11 is 3.11. The fourth-order valence-electron chi connectivity index (χ4n) is 1.16. The van der Waals surface area contributed by atoms with E-state index < -0.39 is 17.8 Å². The average molecular weight is 290 g/mol. The van der Waals surface area contributed by atoms with Crippen molar-refractivity contribution in [2.24, 2.45) is 0 Å². The lowest BCUT2D eigenvalue weighted by Crippen LogP contribution is -2.27. The Labute approximate surface area is 102 Å². The first-order valence-corrected chi connectivity index (χ1v) is 5.71. The molecule has 0 aliphatic carbocycles. The lowest BCUT2D eigenvalue weighted by Gasteiger charge is -2.07. The minimum atomic E-state index is -0.566. The molecule has 0 aromatic heterocycles. The zero-order valence-electron chi connectivity index (χ0n) is 8.84. The number of benzene rings is 1. The number of hydrogen-bond acceptors (Lipinski definition) is 2. The smallest absolute Gasteiger partial charge is 0.254 e. The van der Waals surface area contributed by atoms with Crippen LogP contribution in [0.5, 0.6) is 0 Å². The topological polar surface area (TPSA) is 49.3 Å². The molecule has 0 radical (unpaired) electrons. The molecule has 1 rings (SSSR count). The van der Waals surface area contributed by atoms with Gasteiger partial charge in [-0.15, -0.1) is 0 Å². The molecular formula is C11H13BrFNO2. The maximum absolute atomic E-state index is 13.3. The molecule has 0 bridgehead atoms. The van der Waals surface area contributed by atoms with E-state index in [0.717, 1.165) is 0 Å². The molecule has 1 aromatic carbocycles. The molecule has 0 fully saturated rings. The number of rotatable bonds is 4. The third kappa shape index (κ3) is 3.90. The fourth-order valence-corrected chi connectivity index (χ4v) is 1.50. The van der Waals surface area contributed by atoms with Gasteiger partial charge in [0.25, 0.3) is 5.91 Å². The van der Waals surface area contributed by atoms with Gasteiger partial charge in [-0.2, -0.15) is 0 Å². The molecule has 5 heteroatoms. The van der Waals surface area contributed by atoms with Crippen LogP contribution in [0.4, 0.5) is 4.39 Å². The van der Waals surface area contributed by atoms with E-state index in [-0.39, 0.29) is 5.56 Å². The van der Waals surface area contributed by atoms with E-state index >= 15 is 0 Å². The Morgan fingerprint density at radius 1 is 1.62 bits per heavy atom. The van der Waals surface area contributed by atoms with E-state index in [2.05, 4.69) is 21.2 Å². The van der Waals surface area contributed by atoms with Gasteiger partial charge < -0.3 is 10.4 Å². The monoisotopic (exact) mass is 289 g/mol. The van der Waals surface area contributed by atoms with Crippen molar-refractivity contribution in [3.63, 3.8) is 0 Å². The first-order valence-electron chi connectivity index (χ1n) is 4.92. The first-order chi connectivity index (χ1) is 7.50. The van der Waals surface area contributed by atoms with Crippen LogP contribution < -0.4 is 5.32 Å². The Balaban J connectivity index is 2.59. The Kier molecular flexibility index (Phi) is 4.89. The van der Waals surface area contributed by atoms with Gasteiger partial charge in [0.05, 0.1) is 11.7 Å². The van der Waals surface area contributed by atoms with E-state index in [9.17, 15) is 9.18 Å². The highest BCUT2D eigenvalue weighted by Gasteiger charge is 2.11. The van der Waals surface area contributed by atoms with Crippen LogP contribution in [0.25, 0.3) is 0 Å². The van der Waals surface area contributed by atoms with Gasteiger partial charge in [0.2, 0.25) is 0 Å². The molecule has 1 atom stereocenters. The Bertz CT molecular complexity index is 382. The molecule has 1 aromatic rings. The minimum absolute atomic E-state index is 0.00814. The van der Waals surface area contributed by atoms with Crippen LogP contribution in [0.2, 0.25) is 0 Å². The van der Waals surface area contributed by atoms with Crippen LogP contribution in [0, 0.1) is 5.82 Å². The van der Waals surface area contributed by atoms with Crippen molar-refractivity contribution in [1.29, 1.82) is 0 Å². The van der Waals surface area contributed by atoms with Gasteiger partial charge in [-0.3, -0.25) is 4.79 Å². The molecule has 3 nitrogen and oxygen atoms in total. The fraction of sp³-hybridized carbons (Fsp3) is 0.364. The molecule has 1 amide bonds. The largest absolute Gasteiger partial charge is 0.393 e. The summed E-state index contributed by atoms with van der Waals surface area (Å²) in [6.45, 7) is 1.96. The standard InChI is InChI=1S/C11H13BrFNO2/c1-7(15)4-5-14-11(16)9-3-2-8(12)6-10(9)13/h2-3,6-7,15H,4-5H2,1H3,(H,14,16). The van der Waals surface area contributed by atoms with E-state index in [1.807, 2.05) is 0 Å². The molecular weight excluding hydrogens is 277 g/mol. The first kappa shape index (κ1) is 13.1. The predicted octanol–water partition coefficient (Wildman–Crippen LogP) is 2.09. The third-order valence-corrected chi connectivity index (χ3v) is 2.52. The highest BCUT2D eigenvalue weighted by Crippen LogP contribution is 2.15. The van der Waals surface area contributed by atoms with Gasteiger partial charge in [0.1, 0.15) is 5.82 Å². The van der Waals surface area contributed by atoms with Crippen molar-refractivity contribution < 1.29 is 14.3 Å². The summed E-state index contributed by atoms with van der Waals surface area (Å²) in [7, 11) is 0. The summed E-state index contributed by atoms with van der Waals surface area (Å²) in [6, 6.07) is 4.26. The summed E-state index contributed by atoms with van der Waals surface area (Å²) in [5.74, 6) is -1.03. The van der Waals surface area contributed by atoms with Gasteiger partial charge in [-0.25, -0.2) is 4.39 Å². The molecule has 0 saturated carbocycles. The number of aliphatic hydroxyl groups excluding tert-OH is 1. The van der Waals surface area contributed by atoms with E-state index in [1.165, 1.54) is 12.1 Å². The number of aliphatic hydroxyl groups is 1. The van der Waals surface area contributed by atoms with Gasteiger partial charge in [-0.05, 0) is 31.5 Å². The van der Waals surface area contributed by atoms with Crippen molar-refractivity contribution in [3.8, 4) is 0 Å². The Morgan fingerprint density at radius 3 is 2.88 bits per heavy atom. The molecule has 0 saturated heterocycles. The SMILES string of the molecule is CC(O)CCNC(=O)c1ccc(Br)cc1F. The van der Waals surface area contributed by atoms with Crippen LogP contribution in [0.3, 0.4) is 0 Å². The second-order valence-corrected chi connectivity index (χ2v) is 4.43. The number of nitrogens with one attached hydrogen (secondary N) is 1. The van der Waals surface area contributed by atoms with E-state index in [0.29, 0.717) is 17.4 Å². The molecule has 2 N–H and O–H groups in total. The second kappa shape index (κ2) is 5.96. The van der Waals surface area contributed by atoms with Gasteiger partial charge in [-0.1, -0.05) is 15.9 Å². The van der Waals surface area contributed by atoms with Crippen LogP contribution in [-0.2, 0) is 0 Å².